The predicted molar refractivity (Wildman–Crippen MR) is 157 cm³/mol. The van der Waals surface area contributed by atoms with Crippen LogP contribution in [-0.4, -0.2) is 78.2 Å². The third-order valence-corrected chi connectivity index (χ3v) is 7.16. The number of rotatable bonds is 11. The van der Waals surface area contributed by atoms with Crippen LogP contribution in [0.4, 0.5) is 14.9 Å². The molecule has 0 unspecified atom stereocenters. The Bertz CT molecular complexity index is 1200. The van der Waals surface area contributed by atoms with Gasteiger partial charge in [-0.25, -0.2) is 14.0 Å². The van der Waals surface area contributed by atoms with Crippen molar-refractivity contribution in [3.05, 3.63) is 65.7 Å². The smallest absolute Gasteiger partial charge is 0.411 e. The molecular weight excluding hydrogens is 543 g/mol. The molecule has 230 valence electrons. The van der Waals surface area contributed by atoms with E-state index in [4.69, 9.17) is 14.2 Å². The number of nitrogens with zero attached hydrogens (tertiary/aromatic N) is 2. The van der Waals surface area contributed by atoms with Crippen LogP contribution in [0, 0.1) is 5.92 Å². The van der Waals surface area contributed by atoms with Crippen LogP contribution in [0.25, 0.3) is 0 Å². The van der Waals surface area contributed by atoms with Gasteiger partial charge in [-0.05, 0) is 64.3 Å². The number of likely N-dealkylation sites (N-methyl/N-ethyl adjacent to an activating group) is 1. The molecule has 2 atom stereocenters. The van der Waals surface area contributed by atoms with Crippen LogP contribution in [0.1, 0.15) is 52.2 Å². The summed E-state index contributed by atoms with van der Waals surface area (Å²) in [5, 5.41) is 10.8. The number of carboxylic acid groups (broad SMARTS) is 1. The molecule has 10 heteroatoms. The van der Waals surface area contributed by atoms with Crippen molar-refractivity contribution in [2.45, 2.75) is 70.9 Å². The zero-order chi connectivity index (χ0) is 31.1. The van der Waals surface area contributed by atoms with E-state index < -0.39 is 47.2 Å². The Morgan fingerprint density at radius 3 is 2.10 bits per heavy atom. The van der Waals surface area contributed by atoms with Gasteiger partial charge in [0.05, 0.1) is 19.1 Å². The second-order valence-corrected chi connectivity index (χ2v) is 12.3. The summed E-state index contributed by atoms with van der Waals surface area (Å²) >= 11 is 0. The molecule has 1 N–H and O–H groups in total. The predicted octanol–water partition coefficient (Wildman–Crippen LogP) is 5.25. The van der Waals surface area contributed by atoms with E-state index in [0.29, 0.717) is 24.3 Å². The number of carbonyl (C=O) groups excluding carboxylic acids is 2. The lowest BCUT2D eigenvalue weighted by Gasteiger charge is -2.44. The highest BCUT2D eigenvalue weighted by Gasteiger charge is 2.58. The minimum Gasteiger partial charge on any atom is -0.479 e. The van der Waals surface area contributed by atoms with Gasteiger partial charge in [0.1, 0.15) is 17.9 Å². The maximum Gasteiger partial charge on any atom is 0.411 e. The summed E-state index contributed by atoms with van der Waals surface area (Å²) in [5.41, 5.74) is -3.07. The number of hydrogen-bond acceptors (Lipinski definition) is 7. The van der Waals surface area contributed by atoms with Gasteiger partial charge >= 0.3 is 18.0 Å². The second-order valence-electron chi connectivity index (χ2n) is 12.3. The van der Waals surface area contributed by atoms with E-state index in [2.05, 4.69) is 4.90 Å². The molecule has 1 heterocycles. The molecule has 2 aromatic rings. The highest BCUT2D eigenvalue weighted by atomic mass is 19.1. The first-order chi connectivity index (χ1) is 19.6. The first kappa shape index (κ1) is 32.8. The number of esters is 1. The third-order valence-electron chi connectivity index (χ3n) is 7.16. The number of anilines is 1. The minimum atomic E-state index is -2.34. The summed E-state index contributed by atoms with van der Waals surface area (Å²) in [5.74, 6) is -3.87. The van der Waals surface area contributed by atoms with Crippen LogP contribution < -0.4 is 4.90 Å². The number of alkyl halides is 1. The highest BCUT2D eigenvalue weighted by Crippen LogP contribution is 2.39. The molecule has 0 bridgehead atoms. The van der Waals surface area contributed by atoms with E-state index in [1.54, 1.807) is 45.0 Å². The molecule has 0 aliphatic carbocycles. The first-order valence-corrected chi connectivity index (χ1v) is 14.1. The van der Waals surface area contributed by atoms with Gasteiger partial charge in [-0.15, -0.1) is 0 Å². The van der Waals surface area contributed by atoms with Crippen LogP contribution in [0.15, 0.2) is 54.6 Å². The molecule has 42 heavy (non-hydrogen) atoms. The molecule has 0 aromatic heterocycles. The monoisotopic (exact) mass is 586 g/mol. The van der Waals surface area contributed by atoms with E-state index in [1.807, 2.05) is 30.3 Å². The van der Waals surface area contributed by atoms with E-state index >= 15 is 4.39 Å². The molecule has 0 radical (unpaired) electrons. The van der Waals surface area contributed by atoms with Crippen molar-refractivity contribution in [1.29, 1.82) is 0 Å². The first-order valence-electron chi connectivity index (χ1n) is 14.1. The van der Waals surface area contributed by atoms with Crippen LogP contribution in [0.3, 0.4) is 0 Å². The fraction of sp³-hybridized carbons (Fsp3) is 0.531. The third kappa shape index (κ3) is 8.67. The Morgan fingerprint density at radius 1 is 0.976 bits per heavy atom. The second kappa shape index (κ2) is 13.5. The molecule has 1 aliphatic heterocycles. The summed E-state index contributed by atoms with van der Waals surface area (Å²) in [6.07, 6.45) is -1.79. The number of aliphatic carboxylic acids is 1. The van der Waals surface area contributed by atoms with Crippen LogP contribution in [-0.2, 0) is 36.8 Å². The summed E-state index contributed by atoms with van der Waals surface area (Å²) in [4.78, 5) is 43.5. The molecular formula is C32H43FN2O7. The van der Waals surface area contributed by atoms with Crippen molar-refractivity contribution in [2.75, 3.05) is 38.3 Å². The molecule has 0 saturated carbocycles. The van der Waals surface area contributed by atoms with Crippen LogP contribution in [0.5, 0.6) is 0 Å². The maximum atomic E-state index is 15.5. The Morgan fingerprint density at radius 2 is 1.57 bits per heavy atom. The molecule has 3 rings (SSSR count). The summed E-state index contributed by atoms with van der Waals surface area (Å²) in [6.45, 7) is 9.96. The Hall–Kier alpha value is -3.66. The van der Waals surface area contributed by atoms with Crippen molar-refractivity contribution in [3.8, 4) is 0 Å². The molecule has 1 amide bonds. The number of halogens is 1. The van der Waals surface area contributed by atoms with E-state index in [1.165, 1.54) is 20.9 Å². The van der Waals surface area contributed by atoms with E-state index in [-0.39, 0.29) is 13.0 Å². The lowest BCUT2D eigenvalue weighted by Crippen LogP contribution is -2.65. The highest BCUT2D eigenvalue weighted by molar-refractivity contribution is 5.91. The zero-order valence-electron chi connectivity index (χ0n) is 25.4. The number of amides is 1. The average molecular weight is 587 g/mol. The number of ether oxygens (including phenoxy) is 3. The molecule has 1 saturated heterocycles. The summed E-state index contributed by atoms with van der Waals surface area (Å²) < 4.78 is 32.0. The Labute approximate surface area is 247 Å². The SMILES string of the molecule is CN(C(=O)OC(C)(C)C)[C@](CC(C)(C)F)(C(=O)O)[C@@H](Cc1ccc(N2CCOCC2)cc1)C(=O)OCc1ccccc1. The lowest BCUT2D eigenvalue weighted by atomic mass is 9.73. The lowest BCUT2D eigenvalue weighted by molar-refractivity contribution is -0.171. The quantitative estimate of drug-likeness (QED) is 0.356. The standard InChI is InChI=1S/C32H43FN2O7/c1-30(2,3)42-29(39)34(6)32(28(37)38,22-31(4,5)33)26(27(36)41-21-24-10-8-7-9-11-24)20-23-12-14-25(15-13-23)35-16-18-40-19-17-35/h7-15,26H,16-22H2,1-6H3,(H,37,38)/t26-,32-/m0/s1. The van der Waals surface area contributed by atoms with Gasteiger partial charge in [0.2, 0.25) is 0 Å². The van der Waals surface area contributed by atoms with Crippen molar-refractivity contribution < 1.29 is 38.1 Å². The topological polar surface area (TPSA) is 106 Å². The average Bonchev–Trinajstić information content (AvgIpc) is 2.93. The number of morpholine rings is 1. The van der Waals surface area contributed by atoms with Gasteiger partial charge in [0.25, 0.3) is 0 Å². The van der Waals surface area contributed by atoms with E-state index in [0.717, 1.165) is 23.7 Å². The Kier molecular flexibility index (Phi) is 10.6. The van der Waals surface area contributed by atoms with Gasteiger partial charge in [0, 0.05) is 32.2 Å². The van der Waals surface area contributed by atoms with E-state index in [9.17, 15) is 19.5 Å². The summed E-state index contributed by atoms with van der Waals surface area (Å²) in [7, 11) is 1.23. The number of carboxylic acids is 1. The van der Waals surface area contributed by atoms with Crippen LogP contribution in [0.2, 0.25) is 0 Å². The summed E-state index contributed by atoms with van der Waals surface area (Å²) in [6, 6.07) is 16.4. The fourth-order valence-electron chi connectivity index (χ4n) is 5.15. The largest absolute Gasteiger partial charge is 0.479 e. The molecule has 9 nitrogen and oxygen atoms in total. The van der Waals surface area contributed by atoms with Gasteiger partial charge in [0.15, 0.2) is 5.54 Å². The number of hydrogen-bond donors (Lipinski definition) is 1. The molecule has 1 fully saturated rings. The number of benzene rings is 2. The van der Waals surface area contributed by atoms with Gasteiger partial charge < -0.3 is 24.2 Å². The molecule has 2 aromatic carbocycles. The fourth-order valence-corrected chi connectivity index (χ4v) is 5.15. The van der Waals surface area contributed by atoms with Gasteiger partial charge in [-0.3, -0.25) is 9.69 Å². The number of carbonyl (C=O) groups is 3. The maximum absolute atomic E-state index is 15.5. The van der Waals surface area contributed by atoms with Crippen molar-refractivity contribution in [2.24, 2.45) is 5.92 Å². The van der Waals surface area contributed by atoms with Gasteiger partial charge in [-0.1, -0.05) is 42.5 Å². The minimum absolute atomic E-state index is 0.114. The van der Waals surface area contributed by atoms with Crippen LogP contribution >= 0.6 is 0 Å². The Balaban J connectivity index is 2.06. The molecule has 0 spiro atoms. The zero-order valence-corrected chi connectivity index (χ0v) is 25.4. The van der Waals surface area contributed by atoms with Crippen molar-refractivity contribution >= 4 is 23.7 Å². The normalized spacial score (nSPS) is 16.2. The van der Waals surface area contributed by atoms with Gasteiger partial charge in [-0.2, -0.15) is 0 Å². The van der Waals surface area contributed by atoms with Crippen molar-refractivity contribution in [1.82, 2.24) is 4.90 Å². The molecule has 1 aliphatic rings. The van der Waals surface area contributed by atoms with Crippen molar-refractivity contribution in [3.63, 3.8) is 0 Å².